The van der Waals surface area contributed by atoms with Crippen molar-refractivity contribution in [1.82, 2.24) is 10.2 Å². The molecule has 0 spiro atoms. The minimum atomic E-state index is -0.369. The van der Waals surface area contributed by atoms with Crippen LogP contribution in [-0.2, 0) is 16.0 Å². The summed E-state index contributed by atoms with van der Waals surface area (Å²) >= 11 is 3.05. The second-order valence-electron chi connectivity index (χ2n) is 5.84. The quantitative estimate of drug-likeness (QED) is 0.784. The molecule has 1 atom stereocenters. The van der Waals surface area contributed by atoms with Gasteiger partial charge in [-0.3, -0.25) is 9.59 Å². The number of carbonyl (C=O) groups is 2. The molecule has 1 aromatic heterocycles. The standard InChI is InChI=1S/C17H20N4O2S2/c1-3-4-14-19-20-17(25-14)18-16(23)11-9-15(22)21(10-11)12-5-7-13(24-2)8-6-12/h5-8,11H,3-4,9-10H2,1-2H3,(H,18,20,23). The topological polar surface area (TPSA) is 75.2 Å². The van der Waals surface area contributed by atoms with Gasteiger partial charge >= 0.3 is 0 Å². The van der Waals surface area contributed by atoms with Crippen LogP contribution in [0.2, 0.25) is 0 Å². The van der Waals surface area contributed by atoms with E-state index in [1.165, 1.54) is 11.3 Å². The van der Waals surface area contributed by atoms with Gasteiger partial charge in [-0.1, -0.05) is 18.3 Å². The number of aromatic nitrogens is 2. The molecule has 1 N–H and O–H groups in total. The summed E-state index contributed by atoms with van der Waals surface area (Å²) < 4.78 is 0. The summed E-state index contributed by atoms with van der Waals surface area (Å²) in [4.78, 5) is 27.6. The summed E-state index contributed by atoms with van der Waals surface area (Å²) in [6, 6.07) is 7.81. The predicted octanol–water partition coefficient (Wildman–Crippen LogP) is 3.20. The molecule has 25 heavy (non-hydrogen) atoms. The Hall–Kier alpha value is -1.93. The van der Waals surface area contributed by atoms with Crippen LogP contribution in [0.25, 0.3) is 0 Å². The fraction of sp³-hybridized carbons (Fsp3) is 0.412. The van der Waals surface area contributed by atoms with E-state index >= 15 is 0 Å². The number of nitrogens with one attached hydrogen (secondary N) is 1. The highest BCUT2D eigenvalue weighted by atomic mass is 32.2. The molecule has 2 amide bonds. The molecule has 0 saturated carbocycles. The maximum absolute atomic E-state index is 12.5. The van der Waals surface area contributed by atoms with Crippen molar-refractivity contribution in [2.75, 3.05) is 23.0 Å². The Balaban J connectivity index is 1.63. The molecule has 2 aromatic rings. The highest BCUT2D eigenvalue weighted by molar-refractivity contribution is 7.98. The van der Waals surface area contributed by atoms with E-state index in [2.05, 4.69) is 22.4 Å². The largest absolute Gasteiger partial charge is 0.312 e. The van der Waals surface area contributed by atoms with Crippen molar-refractivity contribution in [1.29, 1.82) is 0 Å². The van der Waals surface area contributed by atoms with Crippen LogP contribution >= 0.6 is 23.1 Å². The van der Waals surface area contributed by atoms with Crippen LogP contribution in [0.15, 0.2) is 29.2 Å². The van der Waals surface area contributed by atoms with Crippen molar-refractivity contribution in [3.63, 3.8) is 0 Å². The number of rotatable bonds is 6. The fourth-order valence-electron chi connectivity index (χ4n) is 2.72. The van der Waals surface area contributed by atoms with Gasteiger partial charge in [0.25, 0.3) is 0 Å². The lowest BCUT2D eigenvalue weighted by molar-refractivity contribution is -0.122. The first-order valence-corrected chi connectivity index (χ1v) is 10.2. The van der Waals surface area contributed by atoms with Crippen LogP contribution in [-0.4, -0.2) is 34.8 Å². The Morgan fingerprint density at radius 2 is 2.12 bits per heavy atom. The van der Waals surface area contributed by atoms with Crippen molar-refractivity contribution >= 4 is 45.7 Å². The van der Waals surface area contributed by atoms with Gasteiger partial charge in [0.1, 0.15) is 5.01 Å². The van der Waals surface area contributed by atoms with Gasteiger partial charge in [-0.2, -0.15) is 0 Å². The van der Waals surface area contributed by atoms with Gasteiger partial charge in [-0.25, -0.2) is 0 Å². The summed E-state index contributed by atoms with van der Waals surface area (Å²) in [6.07, 6.45) is 4.08. The maximum atomic E-state index is 12.5. The van der Waals surface area contributed by atoms with E-state index in [9.17, 15) is 9.59 Å². The third kappa shape index (κ3) is 4.19. The second-order valence-corrected chi connectivity index (χ2v) is 7.79. The number of anilines is 2. The molecule has 132 valence electrons. The minimum Gasteiger partial charge on any atom is -0.312 e. The number of thioether (sulfide) groups is 1. The van der Waals surface area contributed by atoms with E-state index in [4.69, 9.17) is 0 Å². The zero-order chi connectivity index (χ0) is 17.8. The molecular formula is C17H20N4O2S2. The first-order valence-electron chi connectivity index (χ1n) is 8.18. The Morgan fingerprint density at radius 3 is 2.80 bits per heavy atom. The van der Waals surface area contributed by atoms with E-state index in [0.717, 1.165) is 28.4 Å². The minimum absolute atomic E-state index is 0.0269. The zero-order valence-electron chi connectivity index (χ0n) is 14.2. The van der Waals surface area contributed by atoms with Crippen LogP contribution in [0.5, 0.6) is 0 Å². The predicted molar refractivity (Wildman–Crippen MR) is 101 cm³/mol. The number of aryl methyl sites for hydroxylation is 1. The Morgan fingerprint density at radius 1 is 1.36 bits per heavy atom. The molecule has 1 aromatic carbocycles. The van der Waals surface area contributed by atoms with Gasteiger partial charge in [0.15, 0.2) is 0 Å². The number of nitrogens with zero attached hydrogens (tertiary/aromatic N) is 3. The van der Waals surface area contributed by atoms with Gasteiger partial charge in [0, 0.05) is 30.0 Å². The van der Waals surface area contributed by atoms with Gasteiger partial charge in [-0.05, 0) is 36.9 Å². The number of benzene rings is 1. The molecule has 2 heterocycles. The molecular weight excluding hydrogens is 356 g/mol. The molecule has 0 aliphatic carbocycles. The first-order chi connectivity index (χ1) is 12.1. The third-order valence-corrected chi connectivity index (χ3v) is 5.68. The summed E-state index contributed by atoms with van der Waals surface area (Å²) in [7, 11) is 0. The Kier molecular flexibility index (Phi) is 5.70. The maximum Gasteiger partial charge on any atom is 0.231 e. The highest BCUT2D eigenvalue weighted by Gasteiger charge is 2.35. The van der Waals surface area contributed by atoms with Crippen LogP contribution in [0, 0.1) is 5.92 Å². The number of amides is 2. The SMILES string of the molecule is CCCc1nnc(NC(=O)C2CC(=O)N(c3ccc(SC)cc3)C2)s1. The monoisotopic (exact) mass is 376 g/mol. The van der Waals surface area contributed by atoms with Gasteiger partial charge in [0.05, 0.1) is 5.92 Å². The lowest BCUT2D eigenvalue weighted by atomic mass is 10.1. The summed E-state index contributed by atoms with van der Waals surface area (Å²) in [5.41, 5.74) is 0.833. The van der Waals surface area contributed by atoms with Crippen LogP contribution < -0.4 is 10.2 Å². The van der Waals surface area contributed by atoms with Crippen molar-refractivity contribution in [3.8, 4) is 0 Å². The van der Waals surface area contributed by atoms with Crippen molar-refractivity contribution in [2.24, 2.45) is 5.92 Å². The number of carbonyl (C=O) groups excluding carboxylic acids is 2. The zero-order valence-corrected chi connectivity index (χ0v) is 15.8. The summed E-state index contributed by atoms with van der Waals surface area (Å²) in [6.45, 7) is 2.47. The molecule has 1 saturated heterocycles. The van der Waals surface area contributed by atoms with E-state index in [1.807, 2.05) is 30.5 Å². The van der Waals surface area contributed by atoms with Gasteiger partial charge in [-0.15, -0.1) is 22.0 Å². The van der Waals surface area contributed by atoms with Crippen molar-refractivity contribution in [2.45, 2.75) is 31.1 Å². The van der Waals surface area contributed by atoms with E-state index < -0.39 is 0 Å². The van der Waals surface area contributed by atoms with Crippen LogP contribution in [0.1, 0.15) is 24.8 Å². The highest BCUT2D eigenvalue weighted by Crippen LogP contribution is 2.28. The molecule has 6 nitrogen and oxygen atoms in total. The summed E-state index contributed by atoms with van der Waals surface area (Å²) in [5, 5.41) is 12.3. The Bertz CT molecular complexity index is 760. The third-order valence-electron chi connectivity index (χ3n) is 4.04. The van der Waals surface area contributed by atoms with Crippen LogP contribution in [0.3, 0.4) is 0 Å². The Labute approximate surface area is 155 Å². The molecule has 1 unspecified atom stereocenters. The lowest BCUT2D eigenvalue weighted by Crippen LogP contribution is -2.28. The first kappa shape index (κ1) is 17.9. The molecule has 8 heteroatoms. The molecule has 1 fully saturated rings. The average molecular weight is 377 g/mol. The molecule has 3 rings (SSSR count). The van der Waals surface area contributed by atoms with E-state index in [0.29, 0.717) is 11.7 Å². The molecule has 1 aliphatic heterocycles. The van der Waals surface area contributed by atoms with Gasteiger partial charge < -0.3 is 10.2 Å². The molecule has 0 bridgehead atoms. The average Bonchev–Trinajstić information content (AvgIpc) is 3.22. The summed E-state index contributed by atoms with van der Waals surface area (Å²) in [5.74, 6) is -0.567. The van der Waals surface area contributed by atoms with E-state index in [-0.39, 0.29) is 24.2 Å². The lowest BCUT2D eigenvalue weighted by Gasteiger charge is -2.16. The van der Waals surface area contributed by atoms with Crippen LogP contribution in [0.4, 0.5) is 10.8 Å². The van der Waals surface area contributed by atoms with E-state index in [1.54, 1.807) is 16.7 Å². The normalized spacial score (nSPS) is 17.1. The second kappa shape index (κ2) is 7.97. The van der Waals surface area contributed by atoms with Crippen molar-refractivity contribution < 1.29 is 9.59 Å². The van der Waals surface area contributed by atoms with Crippen molar-refractivity contribution in [3.05, 3.63) is 29.3 Å². The molecule has 0 radical (unpaired) electrons. The number of hydrogen-bond donors (Lipinski definition) is 1. The number of hydrogen-bond acceptors (Lipinski definition) is 6. The fourth-order valence-corrected chi connectivity index (χ4v) is 3.97. The molecule has 1 aliphatic rings. The smallest absolute Gasteiger partial charge is 0.231 e. The van der Waals surface area contributed by atoms with Gasteiger partial charge in [0.2, 0.25) is 16.9 Å².